The number of rotatable bonds is 7. The highest BCUT2D eigenvalue weighted by molar-refractivity contribution is 7.91. The monoisotopic (exact) mass is 209 g/mol. The lowest BCUT2D eigenvalue weighted by Crippen LogP contribution is -2.30. The first-order valence-electron chi connectivity index (χ1n) is 4.46. The normalized spacial score (nSPS) is 14.4. The van der Waals surface area contributed by atoms with Crippen molar-refractivity contribution in [2.24, 2.45) is 5.73 Å². The highest BCUT2D eigenvalue weighted by atomic mass is 32.2. The topological polar surface area (TPSA) is 69.4 Å². The lowest BCUT2D eigenvalue weighted by molar-refractivity contribution is 0.199. The highest BCUT2D eigenvalue weighted by Crippen LogP contribution is 1.98. The zero-order valence-electron chi connectivity index (χ0n) is 8.32. The van der Waals surface area contributed by atoms with Crippen LogP contribution >= 0.6 is 0 Å². The van der Waals surface area contributed by atoms with Crippen LogP contribution in [0.1, 0.15) is 19.8 Å². The summed E-state index contributed by atoms with van der Waals surface area (Å²) in [5.74, 6) is 0.266. The van der Waals surface area contributed by atoms with E-state index in [9.17, 15) is 8.42 Å². The van der Waals surface area contributed by atoms with E-state index in [1.165, 1.54) is 0 Å². The summed E-state index contributed by atoms with van der Waals surface area (Å²) in [5, 5.41) is 0. The Labute approximate surface area is 80.4 Å². The molecule has 0 saturated carbocycles. The van der Waals surface area contributed by atoms with E-state index in [4.69, 9.17) is 10.5 Å². The van der Waals surface area contributed by atoms with Gasteiger partial charge in [-0.25, -0.2) is 8.42 Å². The second-order valence-corrected chi connectivity index (χ2v) is 5.36. The van der Waals surface area contributed by atoms with Gasteiger partial charge in [0.25, 0.3) is 0 Å². The summed E-state index contributed by atoms with van der Waals surface area (Å²) >= 11 is 0. The van der Waals surface area contributed by atoms with Crippen LogP contribution in [0.4, 0.5) is 0 Å². The maximum Gasteiger partial charge on any atom is 0.151 e. The number of hydrogen-bond donors (Lipinski definition) is 1. The molecule has 0 aliphatic rings. The standard InChI is InChI=1S/C8H19NO3S/c1-3-8(9)7-13(10,11)6-4-5-12-2/h8H,3-7,9H2,1-2H3. The van der Waals surface area contributed by atoms with Crippen LogP contribution < -0.4 is 5.73 Å². The highest BCUT2D eigenvalue weighted by Gasteiger charge is 2.14. The van der Waals surface area contributed by atoms with Crippen LogP contribution in [0.15, 0.2) is 0 Å². The zero-order chi connectivity index (χ0) is 10.3. The van der Waals surface area contributed by atoms with Crippen molar-refractivity contribution in [3.05, 3.63) is 0 Å². The molecule has 13 heavy (non-hydrogen) atoms. The molecule has 0 aliphatic carbocycles. The largest absolute Gasteiger partial charge is 0.385 e. The fourth-order valence-electron chi connectivity index (χ4n) is 0.951. The second kappa shape index (κ2) is 6.34. The molecule has 0 aliphatic heterocycles. The minimum Gasteiger partial charge on any atom is -0.385 e. The molecule has 0 heterocycles. The molecule has 0 aromatic carbocycles. The molecule has 0 spiro atoms. The van der Waals surface area contributed by atoms with Crippen LogP contribution in [0.25, 0.3) is 0 Å². The van der Waals surface area contributed by atoms with E-state index in [-0.39, 0.29) is 17.5 Å². The number of hydrogen-bond acceptors (Lipinski definition) is 4. The van der Waals surface area contributed by atoms with E-state index >= 15 is 0 Å². The van der Waals surface area contributed by atoms with Gasteiger partial charge in [0, 0.05) is 19.8 Å². The molecular weight excluding hydrogens is 190 g/mol. The maximum absolute atomic E-state index is 11.3. The van der Waals surface area contributed by atoms with Crippen molar-refractivity contribution >= 4 is 9.84 Å². The van der Waals surface area contributed by atoms with Gasteiger partial charge in [-0.2, -0.15) is 0 Å². The quantitative estimate of drug-likeness (QED) is 0.607. The van der Waals surface area contributed by atoms with Gasteiger partial charge in [-0.15, -0.1) is 0 Å². The molecule has 0 aromatic heterocycles. The fourth-order valence-corrected chi connectivity index (χ4v) is 2.56. The van der Waals surface area contributed by atoms with Gasteiger partial charge in [0.05, 0.1) is 11.5 Å². The molecule has 0 saturated heterocycles. The smallest absolute Gasteiger partial charge is 0.151 e. The van der Waals surface area contributed by atoms with Crippen LogP contribution in [-0.4, -0.2) is 39.7 Å². The van der Waals surface area contributed by atoms with E-state index in [0.29, 0.717) is 19.4 Å². The molecule has 0 rings (SSSR count). The van der Waals surface area contributed by atoms with Gasteiger partial charge in [-0.1, -0.05) is 6.92 Å². The average Bonchev–Trinajstić information content (AvgIpc) is 2.03. The second-order valence-electron chi connectivity index (χ2n) is 3.13. The Hall–Kier alpha value is -0.130. The minimum absolute atomic E-state index is 0.0905. The van der Waals surface area contributed by atoms with Crippen molar-refractivity contribution < 1.29 is 13.2 Å². The van der Waals surface area contributed by atoms with Crippen molar-refractivity contribution in [1.82, 2.24) is 0 Å². The van der Waals surface area contributed by atoms with Gasteiger partial charge < -0.3 is 10.5 Å². The van der Waals surface area contributed by atoms with E-state index in [1.54, 1.807) is 7.11 Å². The predicted molar refractivity (Wildman–Crippen MR) is 53.4 cm³/mol. The van der Waals surface area contributed by atoms with Gasteiger partial charge in [-0.3, -0.25) is 0 Å². The average molecular weight is 209 g/mol. The molecule has 5 heteroatoms. The molecule has 0 bridgehead atoms. The first kappa shape index (κ1) is 12.9. The van der Waals surface area contributed by atoms with Crippen LogP contribution in [0.2, 0.25) is 0 Å². The number of methoxy groups -OCH3 is 1. The number of sulfone groups is 1. The molecular formula is C8H19NO3S. The van der Waals surface area contributed by atoms with Crippen molar-refractivity contribution in [3.8, 4) is 0 Å². The molecule has 0 fully saturated rings. The lowest BCUT2D eigenvalue weighted by Gasteiger charge is -2.08. The Balaban J connectivity index is 3.81. The van der Waals surface area contributed by atoms with Gasteiger partial charge >= 0.3 is 0 Å². The molecule has 80 valence electrons. The third kappa shape index (κ3) is 6.98. The Morgan fingerprint density at radius 3 is 2.54 bits per heavy atom. The lowest BCUT2D eigenvalue weighted by atomic mass is 10.3. The number of nitrogens with two attached hydrogens (primary N) is 1. The summed E-state index contributed by atoms with van der Waals surface area (Å²) < 4.78 is 27.5. The predicted octanol–water partition coefficient (Wildman–Crippen LogP) is 0.175. The van der Waals surface area contributed by atoms with E-state index in [0.717, 1.165) is 0 Å². The van der Waals surface area contributed by atoms with Crippen molar-refractivity contribution in [3.63, 3.8) is 0 Å². The molecule has 0 amide bonds. The van der Waals surface area contributed by atoms with E-state index in [1.807, 2.05) is 6.92 Å². The number of ether oxygens (including phenoxy) is 1. The SMILES string of the molecule is CCC(N)CS(=O)(=O)CCCOC. The Kier molecular flexibility index (Phi) is 6.28. The van der Waals surface area contributed by atoms with E-state index < -0.39 is 9.84 Å². The zero-order valence-corrected chi connectivity index (χ0v) is 9.14. The Morgan fingerprint density at radius 2 is 2.08 bits per heavy atom. The minimum atomic E-state index is -2.97. The van der Waals surface area contributed by atoms with Gasteiger partial charge in [0.2, 0.25) is 0 Å². The van der Waals surface area contributed by atoms with E-state index in [2.05, 4.69) is 0 Å². The van der Waals surface area contributed by atoms with Gasteiger partial charge in [0.15, 0.2) is 9.84 Å². The summed E-state index contributed by atoms with van der Waals surface area (Å²) in [5.41, 5.74) is 5.55. The first-order valence-corrected chi connectivity index (χ1v) is 6.29. The summed E-state index contributed by atoms with van der Waals surface area (Å²) in [4.78, 5) is 0. The molecule has 1 unspecified atom stereocenters. The summed E-state index contributed by atoms with van der Waals surface area (Å²) in [6, 6.07) is -0.229. The van der Waals surface area contributed by atoms with Crippen molar-refractivity contribution in [1.29, 1.82) is 0 Å². The summed E-state index contributed by atoms with van der Waals surface area (Å²) in [6.45, 7) is 2.37. The van der Waals surface area contributed by atoms with Crippen molar-refractivity contribution in [2.75, 3.05) is 25.2 Å². The first-order chi connectivity index (χ1) is 6.02. The molecule has 1 atom stereocenters. The van der Waals surface area contributed by atoms with Gasteiger partial charge in [0.1, 0.15) is 0 Å². The Morgan fingerprint density at radius 1 is 1.46 bits per heavy atom. The molecule has 2 N–H and O–H groups in total. The molecule has 0 radical (unpaired) electrons. The third-order valence-corrected chi connectivity index (χ3v) is 3.64. The molecule has 0 aromatic rings. The van der Waals surface area contributed by atoms with Crippen LogP contribution in [0.3, 0.4) is 0 Å². The fraction of sp³-hybridized carbons (Fsp3) is 1.00. The van der Waals surface area contributed by atoms with Crippen LogP contribution in [0, 0.1) is 0 Å². The maximum atomic E-state index is 11.3. The third-order valence-electron chi connectivity index (χ3n) is 1.80. The summed E-state index contributed by atoms with van der Waals surface area (Å²) in [7, 11) is -1.41. The van der Waals surface area contributed by atoms with Gasteiger partial charge in [-0.05, 0) is 12.8 Å². The van der Waals surface area contributed by atoms with Crippen LogP contribution in [-0.2, 0) is 14.6 Å². The van der Waals surface area contributed by atoms with Crippen LogP contribution in [0.5, 0.6) is 0 Å². The Bertz CT molecular complexity index is 213. The van der Waals surface area contributed by atoms with Crippen molar-refractivity contribution in [2.45, 2.75) is 25.8 Å². The summed E-state index contributed by atoms with van der Waals surface area (Å²) in [6.07, 6.45) is 1.25. The molecule has 4 nitrogen and oxygen atoms in total.